The van der Waals surface area contributed by atoms with Gasteiger partial charge in [0.2, 0.25) is 5.96 Å². The highest BCUT2D eigenvalue weighted by Gasteiger charge is 2.65. The van der Waals surface area contributed by atoms with Crippen molar-refractivity contribution < 1.29 is 0 Å². The van der Waals surface area contributed by atoms with E-state index in [1.165, 1.54) is 19.3 Å². The number of guanidine groups is 1. The van der Waals surface area contributed by atoms with Crippen molar-refractivity contribution in [1.82, 2.24) is 5.43 Å². The lowest BCUT2D eigenvalue weighted by molar-refractivity contribution is 0.456. The van der Waals surface area contributed by atoms with Crippen LogP contribution < -0.4 is 17.0 Å². The summed E-state index contributed by atoms with van der Waals surface area (Å²) in [6.07, 6.45) is 4.30. The molecule has 4 unspecified atom stereocenters. The molecule has 2 bridgehead atoms. The molecule has 3 aliphatic carbocycles. The third-order valence-electron chi connectivity index (χ3n) is 4.13. The maximum Gasteiger partial charge on any atom is 0.203 e. The van der Waals surface area contributed by atoms with Crippen molar-refractivity contribution in [2.24, 2.45) is 40.2 Å². The van der Waals surface area contributed by atoms with Gasteiger partial charge in [-0.25, -0.2) is 10.8 Å². The van der Waals surface area contributed by atoms with Crippen LogP contribution in [0.2, 0.25) is 0 Å². The molecule has 4 heteroatoms. The molecule has 3 fully saturated rings. The minimum absolute atomic E-state index is 0.402. The summed E-state index contributed by atoms with van der Waals surface area (Å²) >= 11 is 0. The van der Waals surface area contributed by atoms with E-state index < -0.39 is 0 Å². The lowest BCUT2D eigenvalue weighted by Crippen LogP contribution is -2.37. The second-order valence-electron chi connectivity index (χ2n) is 4.64. The molecule has 4 atom stereocenters. The normalized spacial score (nSPS) is 52.1. The quantitative estimate of drug-likeness (QED) is 0.226. The Morgan fingerprint density at radius 2 is 1.85 bits per heavy atom. The van der Waals surface area contributed by atoms with Gasteiger partial charge in [0.15, 0.2) is 0 Å². The summed E-state index contributed by atoms with van der Waals surface area (Å²) < 4.78 is 0. The number of hydrogen-bond donors (Lipinski definition) is 3. The van der Waals surface area contributed by atoms with E-state index in [4.69, 9.17) is 11.6 Å². The summed E-state index contributed by atoms with van der Waals surface area (Å²) in [5.74, 6) is 9.19. The van der Waals surface area contributed by atoms with Gasteiger partial charge >= 0.3 is 0 Å². The predicted octanol–water partition coefficient (Wildman–Crippen LogP) is -0.191. The van der Waals surface area contributed by atoms with Crippen molar-refractivity contribution in [3.05, 3.63) is 0 Å². The van der Waals surface area contributed by atoms with Gasteiger partial charge in [0, 0.05) is 0 Å². The summed E-state index contributed by atoms with van der Waals surface area (Å²) in [6, 6.07) is 0.502. The zero-order chi connectivity index (χ0) is 9.00. The lowest BCUT2D eigenvalue weighted by Gasteiger charge is -2.05. The van der Waals surface area contributed by atoms with Crippen molar-refractivity contribution in [3.8, 4) is 0 Å². The van der Waals surface area contributed by atoms with Gasteiger partial charge in [-0.15, -0.1) is 0 Å². The van der Waals surface area contributed by atoms with E-state index in [1.807, 2.05) is 0 Å². The number of nitrogens with one attached hydrogen (secondary N) is 1. The molecule has 4 nitrogen and oxygen atoms in total. The van der Waals surface area contributed by atoms with Crippen molar-refractivity contribution in [2.75, 3.05) is 0 Å². The predicted molar refractivity (Wildman–Crippen MR) is 50.5 cm³/mol. The van der Waals surface area contributed by atoms with Gasteiger partial charge in [0.1, 0.15) is 0 Å². The van der Waals surface area contributed by atoms with Crippen LogP contribution in [0.4, 0.5) is 0 Å². The number of rotatable bonds is 1. The van der Waals surface area contributed by atoms with Crippen molar-refractivity contribution in [3.63, 3.8) is 0 Å². The summed E-state index contributed by atoms with van der Waals surface area (Å²) in [5, 5.41) is 0. The molecule has 5 N–H and O–H groups in total. The number of nitrogens with two attached hydrogens (primary N) is 2. The molecule has 0 aromatic heterocycles. The minimum Gasteiger partial charge on any atom is -0.369 e. The van der Waals surface area contributed by atoms with Gasteiger partial charge in [0.05, 0.1) is 6.04 Å². The van der Waals surface area contributed by atoms with Crippen LogP contribution in [0.3, 0.4) is 0 Å². The Morgan fingerprint density at radius 1 is 1.23 bits per heavy atom. The standard InChI is InChI=1S/C9H16N4/c10-9(13-11)12-8-6-4-1-2-5(3-4)7(6)8/h4-8H,1-3,11H2,(H3,10,12,13). The van der Waals surface area contributed by atoms with Crippen molar-refractivity contribution in [2.45, 2.75) is 25.3 Å². The van der Waals surface area contributed by atoms with E-state index in [1.54, 1.807) is 0 Å². The van der Waals surface area contributed by atoms with Gasteiger partial charge in [-0.1, -0.05) is 0 Å². The minimum atomic E-state index is 0.402. The van der Waals surface area contributed by atoms with Crippen LogP contribution >= 0.6 is 0 Å². The number of aliphatic imine (C=N–C) groups is 1. The van der Waals surface area contributed by atoms with E-state index in [9.17, 15) is 0 Å². The second kappa shape index (κ2) is 2.38. The van der Waals surface area contributed by atoms with E-state index in [2.05, 4.69) is 10.4 Å². The van der Waals surface area contributed by atoms with Crippen molar-refractivity contribution >= 4 is 5.96 Å². The van der Waals surface area contributed by atoms with Crippen LogP contribution in [0, 0.1) is 23.7 Å². The van der Waals surface area contributed by atoms with Gasteiger partial charge < -0.3 is 5.73 Å². The maximum atomic E-state index is 5.54. The molecule has 3 rings (SSSR count). The molecule has 13 heavy (non-hydrogen) atoms. The Balaban J connectivity index is 1.73. The highest BCUT2D eigenvalue weighted by Crippen LogP contribution is 2.66. The first-order valence-corrected chi connectivity index (χ1v) is 5.11. The molecule has 0 radical (unpaired) electrons. The molecule has 0 spiro atoms. The van der Waals surface area contributed by atoms with Crippen LogP contribution in [0.5, 0.6) is 0 Å². The molecule has 0 amide bonds. The molecule has 3 saturated carbocycles. The Hall–Kier alpha value is -0.770. The summed E-state index contributed by atoms with van der Waals surface area (Å²) in [7, 11) is 0. The largest absolute Gasteiger partial charge is 0.369 e. The number of hydrogen-bond acceptors (Lipinski definition) is 2. The maximum absolute atomic E-state index is 5.54. The molecule has 0 saturated heterocycles. The fraction of sp³-hybridized carbons (Fsp3) is 0.889. The van der Waals surface area contributed by atoms with Gasteiger partial charge in [-0.2, -0.15) is 0 Å². The number of fused-ring (bicyclic) bond motifs is 5. The first-order valence-electron chi connectivity index (χ1n) is 5.11. The first kappa shape index (κ1) is 7.62. The van der Waals surface area contributed by atoms with Crippen molar-refractivity contribution in [1.29, 1.82) is 0 Å². The Morgan fingerprint density at radius 3 is 2.38 bits per heavy atom. The second-order valence-corrected chi connectivity index (χ2v) is 4.64. The SMILES string of the molecule is NNC(N)=NC1C2C3CCC(C3)C12. The summed E-state index contributed by atoms with van der Waals surface area (Å²) in [6.45, 7) is 0. The lowest BCUT2D eigenvalue weighted by atomic mass is 10.0. The number of nitrogens with zero attached hydrogens (tertiary/aromatic N) is 1. The fourth-order valence-corrected chi connectivity index (χ4v) is 3.65. The van der Waals surface area contributed by atoms with E-state index >= 15 is 0 Å². The molecule has 72 valence electrons. The molecular weight excluding hydrogens is 164 g/mol. The topological polar surface area (TPSA) is 76.4 Å². The molecule has 0 aliphatic heterocycles. The zero-order valence-corrected chi connectivity index (χ0v) is 7.61. The van der Waals surface area contributed by atoms with E-state index in [-0.39, 0.29) is 0 Å². The molecule has 0 aromatic rings. The van der Waals surface area contributed by atoms with E-state index in [0.717, 1.165) is 23.7 Å². The van der Waals surface area contributed by atoms with Crippen LogP contribution in [-0.4, -0.2) is 12.0 Å². The summed E-state index contributed by atoms with van der Waals surface area (Å²) in [4.78, 5) is 4.39. The highest BCUT2D eigenvalue weighted by atomic mass is 15.3. The van der Waals surface area contributed by atoms with Gasteiger partial charge in [0.25, 0.3) is 0 Å². The average Bonchev–Trinajstić information content (AvgIpc) is 2.60. The first-order chi connectivity index (χ1) is 6.31. The van der Waals surface area contributed by atoms with Crippen LogP contribution in [-0.2, 0) is 0 Å². The Kier molecular flexibility index (Phi) is 1.39. The average molecular weight is 180 g/mol. The zero-order valence-electron chi connectivity index (χ0n) is 7.61. The summed E-state index contributed by atoms with van der Waals surface area (Å²) in [5.41, 5.74) is 7.95. The van der Waals surface area contributed by atoms with Crippen LogP contribution in [0.15, 0.2) is 4.99 Å². The third-order valence-corrected chi connectivity index (χ3v) is 4.13. The van der Waals surface area contributed by atoms with Gasteiger partial charge in [-0.3, -0.25) is 5.43 Å². The Labute approximate surface area is 77.7 Å². The molecule has 3 aliphatic rings. The molecule has 0 heterocycles. The monoisotopic (exact) mass is 180 g/mol. The third kappa shape index (κ3) is 0.921. The van der Waals surface area contributed by atoms with Crippen LogP contribution in [0.1, 0.15) is 19.3 Å². The molecule has 0 aromatic carbocycles. The fourth-order valence-electron chi connectivity index (χ4n) is 3.65. The Bertz CT molecular complexity index is 246. The highest BCUT2D eigenvalue weighted by molar-refractivity contribution is 5.77. The number of hydrazine groups is 1. The molecular formula is C9H16N4. The van der Waals surface area contributed by atoms with E-state index in [0.29, 0.717) is 12.0 Å². The smallest absolute Gasteiger partial charge is 0.203 e. The van der Waals surface area contributed by atoms with Gasteiger partial charge in [-0.05, 0) is 42.9 Å². The van der Waals surface area contributed by atoms with Crippen LogP contribution in [0.25, 0.3) is 0 Å².